The molecule has 0 aromatic heterocycles. The lowest BCUT2D eigenvalue weighted by Gasteiger charge is -2.30. The summed E-state index contributed by atoms with van der Waals surface area (Å²) >= 11 is 0. The minimum Gasteiger partial charge on any atom is -0.0746 e. The van der Waals surface area contributed by atoms with Gasteiger partial charge in [0.2, 0.25) is 0 Å². The number of allylic oxidation sites excluding steroid dienone is 6. The lowest BCUT2D eigenvalue weighted by Crippen LogP contribution is -2.18. The van der Waals surface area contributed by atoms with Crippen molar-refractivity contribution in [1.82, 2.24) is 0 Å². The van der Waals surface area contributed by atoms with Crippen LogP contribution in [-0.2, 0) is 30.1 Å². The summed E-state index contributed by atoms with van der Waals surface area (Å²) in [4.78, 5) is 0. The summed E-state index contributed by atoms with van der Waals surface area (Å²) in [5.74, 6) is 0.244. The second-order valence-corrected chi connectivity index (χ2v) is 17.5. The summed E-state index contributed by atoms with van der Waals surface area (Å²) in [6.07, 6.45) is 14.6. The van der Waals surface area contributed by atoms with E-state index in [0.717, 1.165) is 19.3 Å². The number of rotatable bonds is 9. The van der Waals surface area contributed by atoms with Crippen LogP contribution in [0.1, 0.15) is 90.6 Å². The van der Waals surface area contributed by atoms with E-state index in [9.17, 15) is 0 Å². The van der Waals surface area contributed by atoms with Gasteiger partial charge in [0.05, 0.1) is 0 Å². The van der Waals surface area contributed by atoms with Crippen LogP contribution in [-0.4, -0.2) is 0 Å². The standard InChI is InChI=1S/C55H54/c1-37-20-14-18-28-44(37)48-32-43-33-49-47(35-51(54(3,4)5)53(45-29-19-15-21-38(45)2)52(49)42-26-16-17-27-42)46(43)34-50(48)55(6,7)36-41(30-39-22-10-8-11-23-39)31-40-24-12-9-13-25-40/h8-29,32,34-36,42H,30-31,33H2,1-7H3. The molecule has 2 aliphatic rings. The minimum absolute atomic E-state index is 0.0497. The molecule has 6 aromatic carbocycles. The fraction of sp³-hybridized carbons (Fsp3) is 0.236. The third-order valence-electron chi connectivity index (χ3n) is 11.9. The molecule has 8 rings (SSSR count). The highest BCUT2D eigenvalue weighted by molar-refractivity contribution is 5.90. The number of benzene rings is 6. The van der Waals surface area contributed by atoms with Crippen molar-refractivity contribution < 1.29 is 0 Å². The topological polar surface area (TPSA) is 0 Å². The van der Waals surface area contributed by atoms with Gasteiger partial charge < -0.3 is 0 Å². The molecule has 0 saturated heterocycles. The maximum absolute atomic E-state index is 2.59. The Labute approximate surface area is 330 Å². The molecule has 0 N–H and O–H groups in total. The molecule has 0 atom stereocenters. The van der Waals surface area contributed by atoms with Gasteiger partial charge in [-0.25, -0.2) is 0 Å². The first-order valence-corrected chi connectivity index (χ1v) is 20.1. The summed E-state index contributed by atoms with van der Waals surface area (Å²) in [7, 11) is 0. The Bertz CT molecular complexity index is 2400. The van der Waals surface area contributed by atoms with Gasteiger partial charge in [-0.2, -0.15) is 0 Å². The van der Waals surface area contributed by atoms with Gasteiger partial charge in [0.15, 0.2) is 0 Å². The molecule has 0 heteroatoms. The van der Waals surface area contributed by atoms with Crippen molar-refractivity contribution >= 4 is 0 Å². The quantitative estimate of drug-likeness (QED) is 0.131. The molecule has 0 radical (unpaired) electrons. The molecule has 55 heavy (non-hydrogen) atoms. The molecule has 0 aliphatic heterocycles. The molecule has 0 unspecified atom stereocenters. The highest BCUT2D eigenvalue weighted by Gasteiger charge is 2.34. The van der Waals surface area contributed by atoms with Crippen molar-refractivity contribution in [3.8, 4) is 33.4 Å². The number of fused-ring (bicyclic) bond motifs is 3. The summed E-state index contributed by atoms with van der Waals surface area (Å²) in [6.45, 7) is 16.6. The predicted molar refractivity (Wildman–Crippen MR) is 236 cm³/mol. The van der Waals surface area contributed by atoms with Crippen LogP contribution in [0.4, 0.5) is 0 Å². The monoisotopic (exact) mass is 714 g/mol. The van der Waals surface area contributed by atoms with Gasteiger partial charge in [0.1, 0.15) is 0 Å². The molecule has 0 amide bonds. The van der Waals surface area contributed by atoms with Gasteiger partial charge in [-0.15, -0.1) is 0 Å². The summed E-state index contributed by atoms with van der Waals surface area (Å²) < 4.78 is 0. The first-order chi connectivity index (χ1) is 26.5. The Kier molecular flexibility index (Phi) is 9.72. The summed E-state index contributed by atoms with van der Waals surface area (Å²) in [6, 6.07) is 47.6. The van der Waals surface area contributed by atoms with Crippen molar-refractivity contribution in [3.05, 3.63) is 213 Å². The maximum Gasteiger partial charge on any atom is 0.0214 e. The Morgan fingerprint density at radius 3 is 1.65 bits per heavy atom. The Morgan fingerprint density at radius 2 is 1.09 bits per heavy atom. The lowest BCUT2D eigenvalue weighted by atomic mass is 9.73. The van der Waals surface area contributed by atoms with Crippen LogP contribution in [0.15, 0.2) is 163 Å². The van der Waals surface area contributed by atoms with Crippen molar-refractivity contribution in [2.24, 2.45) is 0 Å². The van der Waals surface area contributed by atoms with E-state index in [1.54, 1.807) is 0 Å². The first-order valence-electron chi connectivity index (χ1n) is 20.1. The van der Waals surface area contributed by atoms with E-state index in [1.165, 1.54) is 89.0 Å². The van der Waals surface area contributed by atoms with E-state index in [-0.39, 0.29) is 16.7 Å². The van der Waals surface area contributed by atoms with Gasteiger partial charge >= 0.3 is 0 Å². The largest absolute Gasteiger partial charge is 0.0746 e. The smallest absolute Gasteiger partial charge is 0.0214 e. The zero-order valence-corrected chi connectivity index (χ0v) is 33.7. The third-order valence-corrected chi connectivity index (χ3v) is 11.9. The molecule has 0 fully saturated rings. The molecule has 0 saturated carbocycles. The summed E-state index contributed by atoms with van der Waals surface area (Å²) in [5, 5.41) is 0. The van der Waals surface area contributed by atoms with Crippen LogP contribution in [0, 0.1) is 13.8 Å². The average Bonchev–Trinajstić information content (AvgIpc) is 3.83. The SMILES string of the molecule is Cc1ccccc1-c1cc2c(cc1C(C)(C)C=C(Cc1ccccc1)Cc1ccccc1)-c1cc(C(C)(C)C)c(-c3ccccc3C)c(C3C=CC=C3)c1C2. The zero-order valence-electron chi connectivity index (χ0n) is 33.7. The van der Waals surface area contributed by atoms with Gasteiger partial charge in [-0.3, -0.25) is 0 Å². The van der Waals surface area contributed by atoms with Crippen LogP contribution >= 0.6 is 0 Å². The fourth-order valence-electron chi connectivity index (χ4n) is 9.23. The normalized spacial score (nSPS) is 13.6. The molecule has 2 aliphatic carbocycles. The molecule has 0 heterocycles. The maximum atomic E-state index is 2.59. The Morgan fingerprint density at radius 1 is 0.564 bits per heavy atom. The van der Waals surface area contributed by atoms with E-state index in [0.29, 0.717) is 0 Å². The Balaban J connectivity index is 1.37. The second kappa shape index (κ2) is 14.6. The zero-order chi connectivity index (χ0) is 38.3. The van der Waals surface area contributed by atoms with Gasteiger partial charge in [0.25, 0.3) is 0 Å². The lowest BCUT2D eigenvalue weighted by molar-refractivity contribution is 0.591. The highest BCUT2D eigenvalue weighted by atomic mass is 14.4. The number of aryl methyl sites for hydroxylation is 2. The molecule has 6 aromatic rings. The molecular formula is C55H54. The van der Waals surface area contributed by atoms with Crippen molar-refractivity contribution in [2.75, 3.05) is 0 Å². The van der Waals surface area contributed by atoms with E-state index in [2.05, 4.69) is 206 Å². The van der Waals surface area contributed by atoms with Gasteiger partial charge in [-0.05, 0) is 140 Å². The Hall–Kier alpha value is -5.46. The predicted octanol–water partition coefficient (Wildman–Crippen LogP) is 14.4. The van der Waals surface area contributed by atoms with Crippen LogP contribution in [0.25, 0.3) is 33.4 Å². The van der Waals surface area contributed by atoms with Gasteiger partial charge in [0, 0.05) is 11.3 Å². The fourth-order valence-corrected chi connectivity index (χ4v) is 9.23. The van der Waals surface area contributed by atoms with Crippen LogP contribution in [0.5, 0.6) is 0 Å². The second-order valence-electron chi connectivity index (χ2n) is 17.5. The molecule has 0 nitrogen and oxygen atoms in total. The van der Waals surface area contributed by atoms with E-state index in [1.807, 2.05) is 0 Å². The van der Waals surface area contributed by atoms with Crippen LogP contribution in [0.3, 0.4) is 0 Å². The van der Waals surface area contributed by atoms with Crippen molar-refractivity contribution in [3.63, 3.8) is 0 Å². The molecule has 0 spiro atoms. The summed E-state index contributed by atoms with van der Waals surface area (Å²) in [5.41, 5.74) is 21.9. The van der Waals surface area contributed by atoms with Crippen LogP contribution in [0.2, 0.25) is 0 Å². The number of hydrogen-bond donors (Lipinski definition) is 0. The number of hydrogen-bond acceptors (Lipinski definition) is 0. The van der Waals surface area contributed by atoms with Crippen molar-refractivity contribution in [1.29, 1.82) is 0 Å². The van der Waals surface area contributed by atoms with Crippen molar-refractivity contribution in [2.45, 2.75) is 84.5 Å². The first kappa shape index (κ1) is 36.5. The van der Waals surface area contributed by atoms with E-state index in [4.69, 9.17) is 0 Å². The molecule has 274 valence electrons. The average molecular weight is 715 g/mol. The van der Waals surface area contributed by atoms with E-state index >= 15 is 0 Å². The highest BCUT2D eigenvalue weighted by Crippen LogP contribution is 2.52. The van der Waals surface area contributed by atoms with E-state index < -0.39 is 0 Å². The third kappa shape index (κ3) is 7.24. The van der Waals surface area contributed by atoms with Gasteiger partial charge in [-0.1, -0.05) is 180 Å². The van der Waals surface area contributed by atoms with Crippen LogP contribution < -0.4 is 0 Å². The minimum atomic E-state index is -0.248. The molecular weight excluding hydrogens is 661 g/mol. The molecule has 0 bridgehead atoms.